The van der Waals surface area contributed by atoms with Crippen molar-refractivity contribution in [2.75, 3.05) is 26.2 Å². The topological polar surface area (TPSA) is 50.2 Å². The van der Waals surface area contributed by atoms with Gasteiger partial charge in [0.1, 0.15) is 0 Å². The molecule has 5 heteroatoms. The number of carbonyl (C=O) groups is 1. The van der Waals surface area contributed by atoms with Crippen LogP contribution in [0.2, 0.25) is 0 Å². The maximum Gasteiger partial charge on any atom is 0.257 e. The third kappa shape index (κ3) is 2.36. The second-order valence-electron chi connectivity index (χ2n) is 6.73. The van der Waals surface area contributed by atoms with E-state index < -0.39 is 0 Å². The van der Waals surface area contributed by atoms with Gasteiger partial charge in [-0.15, -0.1) is 0 Å². The molecule has 2 aliphatic heterocycles. The average Bonchev–Trinajstić information content (AvgIpc) is 3.21. The number of likely N-dealkylation sites (tertiary alicyclic amines) is 1. The molecule has 4 rings (SSSR count). The fourth-order valence-corrected chi connectivity index (χ4v) is 3.86. The Balaban J connectivity index is 1.61. The van der Waals surface area contributed by atoms with E-state index in [0.29, 0.717) is 11.8 Å². The number of benzene rings is 1. The zero-order chi connectivity index (χ0) is 16.0. The molecule has 2 fully saturated rings. The summed E-state index contributed by atoms with van der Waals surface area (Å²) in [5.41, 5.74) is 3.83. The Hall–Kier alpha value is -2.14. The highest BCUT2D eigenvalue weighted by Gasteiger charge is 2.38. The molecule has 23 heavy (non-hydrogen) atoms. The normalized spacial score (nSPS) is 23.3. The van der Waals surface area contributed by atoms with Crippen LogP contribution in [0.1, 0.15) is 21.6 Å². The van der Waals surface area contributed by atoms with Gasteiger partial charge in [-0.05, 0) is 37.3 Å². The summed E-state index contributed by atoms with van der Waals surface area (Å²) in [5, 5.41) is 7.88. The maximum atomic E-state index is 12.9. The maximum absolute atomic E-state index is 12.9. The zero-order valence-electron chi connectivity index (χ0n) is 13.6. The van der Waals surface area contributed by atoms with Crippen LogP contribution in [0.25, 0.3) is 5.69 Å². The van der Waals surface area contributed by atoms with Crippen LogP contribution >= 0.6 is 0 Å². The molecule has 120 valence electrons. The second-order valence-corrected chi connectivity index (χ2v) is 6.73. The lowest BCUT2D eigenvalue weighted by Crippen LogP contribution is -2.32. The number of amides is 1. The van der Waals surface area contributed by atoms with Gasteiger partial charge in [0.25, 0.3) is 5.91 Å². The molecule has 5 nitrogen and oxygen atoms in total. The molecular weight excluding hydrogens is 288 g/mol. The fourth-order valence-electron chi connectivity index (χ4n) is 3.86. The summed E-state index contributed by atoms with van der Waals surface area (Å²) in [7, 11) is 0. The summed E-state index contributed by atoms with van der Waals surface area (Å²) in [6.45, 7) is 7.85. The van der Waals surface area contributed by atoms with Crippen LogP contribution in [0.15, 0.2) is 30.5 Å². The highest BCUT2D eigenvalue weighted by atomic mass is 16.2. The minimum atomic E-state index is 0.122. The van der Waals surface area contributed by atoms with E-state index in [2.05, 4.69) is 23.4 Å². The summed E-state index contributed by atoms with van der Waals surface area (Å²) in [5.74, 6) is 1.35. The van der Waals surface area contributed by atoms with E-state index in [9.17, 15) is 4.79 Å². The van der Waals surface area contributed by atoms with E-state index in [1.54, 1.807) is 6.20 Å². The Morgan fingerprint density at radius 2 is 1.87 bits per heavy atom. The van der Waals surface area contributed by atoms with Crippen molar-refractivity contribution in [1.82, 2.24) is 20.0 Å². The summed E-state index contributed by atoms with van der Waals surface area (Å²) >= 11 is 0. The van der Waals surface area contributed by atoms with Crippen LogP contribution in [-0.4, -0.2) is 46.8 Å². The number of aromatic nitrogens is 2. The van der Waals surface area contributed by atoms with Gasteiger partial charge in [-0.2, -0.15) is 5.10 Å². The minimum Gasteiger partial charge on any atom is -0.338 e. The average molecular weight is 310 g/mol. The zero-order valence-corrected chi connectivity index (χ0v) is 13.6. The first-order valence-electron chi connectivity index (χ1n) is 8.26. The third-order valence-corrected chi connectivity index (χ3v) is 5.26. The number of nitrogens with one attached hydrogen (secondary N) is 1. The predicted octanol–water partition coefficient (Wildman–Crippen LogP) is 1.78. The van der Waals surface area contributed by atoms with Crippen LogP contribution in [0.3, 0.4) is 0 Å². The molecule has 0 bridgehead atoms. The largest absolute Gasteiger partial charge is 0.338 e. The molecule has 3 heterocycles. The molecule has 1 aromatic carbocycles. The quantitative estimate of drug-likeness (QED) is 0.920. The molecule has 0 unspecified atom stereocenters. The predicted molar refractivity (Wildman–Crippen MR) is 88.8 cm³/mol. The van der Waals surface area contributed by atoms with Gasteiger partial charge in [-0.1, -0.05) is 18.2 Å². The van der Waals surface area contributed by atoms with Gasteiger partial charge in [0.2, 0.25) is 0 Å². The van der Waals surface area contributed by atoms with Crippen molar-refractivity contribution in [2.45, 2.75) is 13.8 Å². The molecule has 0 radical (unpaired) electrons. The van der Waals surface area contributed by atoms with Crippen molar-refractivity contribution in [1.29, 1.82) is 0 Å². The lowest BCUT2D eigenvalue weighted by atomic mass is 10.0. The third-order valence-electron chi connectivity index (χ3n) is 5.26. The smallest absolute Gasteiger partial charge is 0.257 e. The van der Waals surface area contributed by atoms with Gasteiger partial charge in [-0.3, -0.25) is 4.79 Å². The summed E-state index contributed by atoms with van der Waals surface area (Å²) in [4.78, 5) is 14.9. The molecular formula is C18H22N4O. The van der Waals surface area contributed by atoms with Crippen LogP contribution < -0.4 is 5.32 Å². The Kier molecular flexibility index (Phi) is 3.45. The summed E-state index contributed by atoms with van der Waals surface area (Å²) in [6.07, 6.45) is 1.72. The summed E-state index contributed by atoms with van der Waals surface area (Å²) in [6, 6.07) is 8.11. The lowest BCUT2D eigenvalue weighted by Gasteiger charge is -2.17. The number of hydrogen-bond acceptors (Lipinski definition) is 3. The van der Waals surface area contributed by atoms with Gasteiger partial charge in [0.15, 0.2) is 0 Å². The molecule has 2 aliphatic rings. The van der Waals surface area contributed by atoms with Crippen molar-refractivity contribution < 1.29 is 4.79 Å². The van der Waals surface area contributed by atoms with Crippen molar-refractivity contribution in [3.05, 3.63) is 47.3 Å². The van der Waals surface area contributed by atoms with Crippen LogP contribution in [0.4, 0.5) is 0 Å². The Labute approximate surface area is 136 Å². The van der Waals surface area contributed by atoms with E-state index in [1.807, 2.05) is 34.7 Å². The van der Waals surface area contributed by atoms with Crippen molar-refractivity contribution in [3.63, 3.8) is 0 Å². The Bertz CT molecular complexity index is 739. The first-order valence-corrected chi connectivity index (χ1v) is 8.26. The second kappa shape index (κ2) is 5.49. The highest BCUT2D eigenvalue weighted by Crippen LogP contribution is 2.28. The van der Waals surface area contributed by atoms with Gasteiger partial charge in [-0.25, -0.2) is 4.68 Å². The molecule has 1 N–H and O–H groups in total. The highest BCUT2D eigenvalue weighted by molar-refractivity contribution is 5.95. The molecule has 2 saturated heterocycles. The van der Waals surface area contributed by atoms with Crippen molar-refractivity contribution in [2.24, 2.45) is 11.8 Å². The van der Waals surface area contributed by atoms with Gasteiger partial charge < -0.3 is 10.2 Å². The van der Waals surface area contributed by atoms with Crippen LogP contribution in [-0.2, 0) is 0 Å². The number of hydrogen-bond donors (Lipinski definition) is 1. The van der Waals surface area contributed by atoms with E-state index in [1.165, 1.54) is 0 Å². The Morgan fingerprint density at radius 1 is 1.17 bits per heavy atom. The molecule has 2 atom stereocenters. The molecule has 0 saturated carbocycles. The first kappa shape index (κ1) is 14.5. The van der Waals surface area contributed by atoms with E-state index >= 15 is 0 Å². The van der Waals surface area contributed by atoms with Crippen LogP contribution in [0.5, 0.6) is 0 Å². The van der Waals surface area contributed by atoms with Gasteiger partial charge >= 0.3 is 0 Å². The number of aryl methyl sites for hydroxylation is 1. The number of para-hydroxylation sites is 1. The van der Waals surface area contributed by atoms with Crippen LogP contribution in [0, 0.1) is 25.7 Å². The van der Waals surface area contributed by atoms with E-state index in [-0.39, 0.29) is 5.91 Å². The molecule has 0 aliphatic carbocycles. The van der Waals surface area contributed by atoms with Gasteiger partial charge in [0, 0.05) is 26.2 Å². The molecule has 1 amide bonds. The van der Waals surface area contributed by atoms with Crippen molar-refractivity contribution >= 4 is 5.91 Å². The van der Waals surface area contributed by atoms with Gasteiger partial charge in [0.05, 0.1) is 23.1 Å². The fraction of sp³-hybridized carbons (Fsp3) is 0.444. The lowest BCUT2D eigenvalue weighted by molar-refractivity contribution is 0.0781. The minimum absolute atomic E-state index is 0.122. The Morgan fingerprint density at radius 3 is 2.57 bits per heavy atom. The SMILES string of the molecule is Cc1ccccc1-n1ncc(C(=O)N2C[C@H]3CNC[C@H]3C2)c1C. The number of rotatable bonds is 2. The number of fused-ring (bicyclic) bond motifs is 1. The standard InChI is InChI=1S/C18H22N4O/c1-12-5-3-4-6-17(12)22-13(2)16(9-20-22)18(23)21-10-14-7-19-8-15(14)11-21/h3-6,9,14-15,19H,7-8,10-11H2,1-2H3/t14-,15+. The molecule has 2 aromatic rings. The number of nitrogens with zero attached hydrogens (tertiary/aromatic N) is 3. The summed E-state index contributed by atoms with van der Waals surface area (Å²) < 4.78 is 1.88. The molecule has 0 spiro atoms. The van der Waals surface area contributed by atoms with E-state index in [0.717, 1.165) is 48.7 Å². The van der Waals surface area contributed by atoms with Crippen molar-refractivity contribution in [3.8, 4) is 5.69 Å². The monoisotopic (exact) mass is 310 g/mol. The first-order chi connectivity index (χ1) is 11.1. The number of carbonyl (C=O) groups excluding carboxylic acids is 1. The van der Waals surface area contributed by atoms with E-state index in [4.69, 9.17) is 0 Å². The molecule has 1 aromatic heterocycles.